The maximum atomic E-state index is 12.5. The number of hydrogen-bond acceptors (Lipinski definition) is 3. The van der Waals surface area contributed by atoms with E-state index in [9.17, 15) is 9.59 Å². The van der Waals surface area contributed by atoms with E-state index in [0.29, 0.717) is 25.2 Å². The smallest absolute Gasteiger partial charge is 0.317 e. The third kappa shape index (κ3) is 4.56. The fraction of sp³-hybridized carbons (Fsp3) is 0.318. The van der Waals surface area contributed by atoms with Crippen LogP contribution in [-0.2, 0) is 6.54 Å². The van der Waals surface area contributed by atoms with Crippen molar-refractivity contribution in [2.24, 2.45) is 0 Å². The van der Waals surface area contributed by atoms with Gasteiger partial charge in [-0.05, 0) is 44.0 Å². The molecule has 0 atom stereocenters. The number of pyridine rings is 1. The molecule has 2 N–H and O–H groups in total. The topological polar surface area (TPSA) is 78.7 Å². The Morgan fingerprint density at radius 1 is 1.10 bits per heavy atom. The first kappa shape index (κ1) is 19.0. The van der Waals surface area contributed by atoms with Gasteiger partial charge in [0.15, 0.2) is 0 Å². The standard InChI is InChI=1S/C22H25N5O2/c1-16-5-7-17(8-6-16)21(28)25-18-9-12-26(13-10-18)22(29)23-14-19-15-27-11-3-2-4-20(27)24-19/h2-8,11,15,18H,9-10,12-14H2,1H3,(H,23,29)(H,25,28). The molecule has 0 radical (unpaired) electrons. The molecule has 3 heterocycles. The van der Waals surface area contributed by atoms with Crippen LogP contribution in [0.15, 0.2) is 54.9 Å². The summed E-state index contributed by atoms with van der Waals surface area (Å²) in [6.07, 6.45) is 5.35. The Hall–Kier alpha value is -3.35. The highest BCUT2D eigenvalue weighted by molar-refractivity contribution is 5.94. The minimum atomic E-state index is -0.0923. The molecule has 3 amide bonds. The molecule has 0 spiro atoms. The molecule has 0 bridgehead atoms. The summed E-state index contributed by atoms with van der Waals surface area (Å²) in [6, 6.07) is 13.4. The van der Waals surface area contributed by atoms with Crippen molar-refractivity contribution in [3.8, 4) is 0 Å². The number of imidazole rings is 1. The van der Waals surface area contributed by atoms with Gasteiger partial charge in [0.1, 0.15) is 5.65 Å². The van der Waals surface area contributed by atoms with Crippen molar-refractivity contribution in [1.29, 1.82) is 0 Å². The first-order valence-corrected chi connectivity index (χ1v) is 9.91. The minimum absolute atomic E-state index is 0.0558. The monoisotopic (exact) mass is 391 g/mol. The van der Waals surface area contributed by atoms with Crippen LogP contribution >= 0.6 is 0 Å². The second kappa shape index (κ2) is 8.34. The van der Waals surface area contributed by atoms with Crippen molar-refractivity contribution in [2.45, 2.75) is 32.4 Å². The summed E-state index contributed by atoms with van der Waals surface area (Å²) in [6.45, 7) is 3.63. The number of nitrogens with one attached hydrogen (secondary N) is 2. The van der Waals surface area contributed by atoms with Gasteiger partial charge in [-0.1, -0.05) is 23.8 Å². The summed E-state index contributed by atoms with van der Waals surface area (Å²) < 4.78 is 1.93. The maximum absolute atomic E-state index is 12.5. The molecule has 1 aliphatic heterocycles. The van der Waals surface area contributed by atoms with E-state index in [2.05, 4.69) is 15.6 Å². The first-order valence-electron chi connectivity index (χ1n) is 9.91. The number of fused-ring (bicyclic) bond motifs is 1. The summed E-state index contributed by atoms with van der Waals surface area (Å²) in [5, 5.41) is 6.02. The van der Waals surface area contributed by atoms with E-state index in [0.717, 1.165) is 29.7 Å². The Balaban J connectivity index is 1.24. The van der Waals surface area contributed by atoms with Crippen LogP contribution in [0.5, 0.6) is 0 Å². The second-order valence-corrected chi connectivity index (χ2v) is 7.46. The molecule has 7 nitrogen and oxygen atoms in total. The number of amides is 3. The molecule has 29 heavy (non-hydrogen) atoms. The van der Waals surface area contributed by atoms with Crippen molar-refractivity contribution >= 4 is 17.6 Å². The SMILES string of the molecule is Cc1ccc(C(=O)NC2CCN(C(=O)NCc3cn4ccccc4n3)CC2)cc1. The van der Waals surface area contributed by atoms with E-state index in [-0.39, 0.29) is 18.0 Å². The summed E-state index contributed by atoms with van der Waals surface area (Å²) in [4.78, 5) is 31.1. The molecule has 0 saturated carbocycles. The van der Waals surface area contributed by atoms with Gasteiger partial charge in [-0.2, -0.15) is 0 Å². The molecule has 2 aromatic heterocycles. The van der Waals surface area contributed by atoms with Crippen LogP contribution in [0.1, 0.15) is 34.5 Å². The first-order chi connectivity index (χ1) is 14.1. The lowest BCUT2D eigenvalue weighted by Crippen LogP contribution is -2.49. The fourth-order valence-corrected chi connectivity index (χ4v) is 3.55. The maximum Gasteiger partial charge on any atom is 0.317 e. The molecule has 4 rings (SSSR count). The van der Waals surface area contributed by atoms with Crippen molar-refractivity contribution in [3.63, 3.8) is 0 Å². The van der Waals surface area contributed by atoms with E-state index < -0.39 is 0 Å². The molecule has 0 aliphatic carbocycles. The zero-order chi connectivity index (χ0) is 20.2. The van der Waals surface area contributed by atoms with Gasteiger partial charge < -0.3 is 19.9 Å². The number of piperidine rings is 1. The molecule has 150 valence electrons. The van der Waals surface area contributed by atoms with Crippen molar-refractivity contribution in [1.82, 2.24) is 24.9 Å². The zero-order valence-corrected chi connectivity index (χ0v) is 16.5. The van der Waals surface area contributed by atoms with Crippen molar-refractivity contribution < 1.29 is 9.59 Å². The lowest BCUT2D eigenvalue weighted by Gasteiger charge is -2.32. The van der Waals surface area contributed by atoms with Crippen LogP contribution in [0.3, 0.4) is 0 Å². The van der Waals surface area contributed by atoms with Crippen LogP contribution < -0.4 is 10.6 Å². The summed E-state index contributed by atoms with van der Waals surface area (Å²) >= 11 is 0. The Morgan fingerprint density at radius 3 is 2.59 bits per heavy atom. The number of aryl methyl sites for hydroxylation is 1. The Bertz CT molecular complexity index is 970. The van der Waals surface area contributed by atoms with Gasteiger partial charge in [-0.3, -0.25) is 4.79 Å². The van der Waals surface area contributed by atoms with Gasteiger partial charge in [-0.25, -0.2) is 9.78 Å². The molecule has 1 aromatic carbocycles. The van der Waals surface area contributed by atoms with E-state index in [1.54, 1.807) is 4.90 Å². The van der Waals surface area contributed by atoms with Crippen LogP contribution in [0, 0.1) is 6.92 Å². The normalized spacial score (nSPS) is 14.7. The Labute approximate surface area is 169 Å². The fourth-order valence-electron chi connectivity index (χ4n) is 3.55. The Morgan fingerprint density at radius 2 is 1.86 bits per heavy atom. The molecule has 1 aliphatic rings. The lowest BCUT2D eigenvalue weighted by molar-refractivity contribution is 0.0918. The van der Waals surface area contributed by atoms with Gasteiger partial charge >= 0.3 is 6.03 Å². The number of nitrogens with zero attached hydrogens (tertiary/aromatic N) is 3. The van der Waals surface area contributed by atoms with Crippen molar-refractivity contribution in [3.05, 3.63) is 71.7 Å². The molecule has 3 aromatic rings. The zero-order valence-electron chi connectivity index (χ0n) is 16.5. The quantitative estimate of drug-likeness (QED) is 0.718. The number of carbonyl (C=O) groups excluding carboxylic acids is 2. The summed E-state index contributed by atoms with van der Waals surface area (Å²) in [5.74, 6) is -0.0558. The molecule has 7 heteroatoms. The van der Waals surface area contributed by atoms with Gasteiger partial charge in [0, 0.05) is 37.1 Å². The molecule has 1 fully saturated rings. The molecular weight excluding hydrogens is 366 g/mol. The lowest BCUT2D eigenvalue weighted by atomic mass is 10.0. The molecular formula is C22H25N5O2. The summed E-state index contributed by atoms with van der Waals surface area (Å²) in [7, 11) is 0. The van der Waals surface area contributed by atoms with Crippen LogP contribution in [0.25, 0.3) is 5.65 Å². The highest BCUT2D eigenvalue weighted by atomic mass is 16.2. The third-order valence-electron chi connectivity index (χ3n) is 5.27. The largest absolute Gasteiger partial charge is 0.349 e. The van der Waals surface area contributed by atoms with Gasteiger partial charge in [0.05, 0.1) is 12.2 Å². The van der Waals surface area contributed by atoms with Crippen LogP contribution in [0.2, 0.25) is 0 Å². The van der Waals surface area contributed by atoms with E-state index >= 15 is 0 Å². The van der Waals surface area contributed by atoms with Gasteiger partial charge in [0.2, 0.25) is 0 Å². The highest BCUT2D eigenvalue weighted by Crippen LogP contribution is 2.12. The number of aromatic nitrogens is 2. The average molecular weight is 391 g/mol. The molecule has 1 saturated heterocycles. The Kier molecular flexibility index (Phi) is 5.46. The highest BCUT2D eigenvalue weighted by Gasteiger charge is 2.24. The predicted molar refractivity (Wildman–Crippen MR) is 111 cm³/mol. The number of carbonyl (C=O) groups is 2. The van der Waals surface area contributed by atoms with Crippen LogP contribution in [-0.4, -0.2) is 45.4 Å². The van der Waals surface area contributed by atoms with Gasteiger partial charge in [-0.15, -0.1) is 0 Å². The van der Waals surface area contributed by atoms with Crippen molar-refractivity contribution in [2.75, 3.05) is 13.1 Å². The van der Waals surface area contributed by atoms with Gasteiger partial charge in [0.25, 0.3) is 5.91 Å². The third-order valence-corrected chi connectivity index (χ3v) is 5.27. The number of rotatable bonds is 4. The number of benzene rings is 1. The number of hydrogen-bond donors (Lipinski definition) is 2. The molecule has 0 unspecified atom stereocenters. The number of urea groups is 1. The summed E-state index contributed by atoms with van der Waals surface area (Å²) in [5.41, 5.74) is 3.49. The van der Waals surface area contributed by atoms with E-state index in [1.165, 1.54) is 0 Å². The second-order valence-electron chi connectivity index (χ2n) is 7.46. The predicted octanol–water partition coefficient (Wildman–Crippen LogP) is 2.75. The minimum Gasteiger partial charge on any atom is -0.349 e. The average Bonchev–Trinajstić information content (AvgIpc) is 3.16. The van der Waals surface area contributed by atoms with Crippen LogP contribution in [0.4, 0.5) is 4.79 Å². The number of likely N-dealkylation sites (tertiary alicyclic amines) is 1. The van der Waals surface area contributed by atoms with E-state index in [4.69, 9.17) is 0 Å². The van der Waals surface area contributed by atoms with E-state index in [1.807, 2.05) is 66.2 Å².